The number of nitrogens with one attached hydrogen (secondary N) is 2. The second-order valence-electron chi connectivity index (χ2n) is 5.24. The fraction of sp³-hybridized carbons (Fsp3) is 0.357. The summed E-state index contributed by atoms with van der Waals surface area (Å²) in [4.78, 5) is 20.6. The van der Waals surface area contributed by atoms with Crippen molar-refractivity contribution >= 4 is 16.9 Å². The Balaban J connectivity index is 1.40. The molecule has 0 spiro atoms. The molecule has 1 saturated heterocycles. The van der Waals surface area contributed by atoms with Crippen molar-refractivity contribution in [3.63, 3.8) is 0 Å². The summed E-state index contributed by atoms with van der Waals surface area (Å²) >= 11 is 0. The van der Waals surface area contributed by atoms with E-state index in [1.54, 1.807) is 18.3 Å². The van der Waals surface area contributed by atoms with Gasteiger partial charge in [0.1, 0.15) is 11.8 Å². The van der Waals surface area contributed by atoms with Crippen LogP contribution in [-0.4, -0.2) is 37.8 Å². The smallest absolute Gasteiger partial charge is 0.270 e. The van der Waals surface area contributed by atoms with Crippen LogP contribution in [0, 0.1) is 0 Å². The molecule has 3 aromatic rings. The molecule has 118 valence electrons. The van der Waals surface area contributed by atoms with Gasteiger partial charge < -0.3 is 14.6 Å². The van der Waals surface area contributed by atoms with Crippen LogP contribution in [0.15, 0.2) is 22.9 Å². The number of carbonyl (C=O) groups is 1. The van der Waals surface area contributed by atoms with E-state index in [2.05, 4.69) is 30.6 Å². The van der Waals surface area contributed by atoms with E-state index in [1.165, 1.54) is 0 Å². The highest BCUT2D eigenvalue weighted by Crippen LogP contribution is 2.26. The number of amides is 1. The SMILES string of the molecule is O=C(NCc1noc(C2CCCO2)n1)c1ccc2cn[nH]c2n1. The molecule has 4 heterocycles. The van der Waals surface area contributed by atoms with Gasteiger partial charge in [-0.05, 0) is 25.0 Å². The van der Waals surface area contributed by atoms with Crippen LogP contribution >= 0.6 is 0 Å². The first kappa shape index (κ1) is 13.8. The van der Waals surface area contributed by atoms with Crippen molar-refractivity contribution in [2.45, 2.75) is 25.5 Å². The van der Waals surface area contributed by atoms with Crippen LogP contribution in [0.1, 0.15) is 41.1 Å². The quantitative estimate of drug-likeness (QED) is 0.740. The van der Waals surface area contributed by atoms with Gasteiger partial charge in [-0.25, -0.2) is 4.98 Å². The summed E-state index contributed by atoms with van der Waals surface area (Å²) in [5.41, 5.74) is 0.863. The zero-order chi connectivity index (χ0) is 15.6. The number of aromatic nitrogens is 5. The lowest BCUT2D eigenvalue weighted by atomic mass is 10.2. The highest BCUT2D eigenvalue weighted by atomic mass is 16.5. The number of nitrogens with zero attached hydrogens (tertiary/aromatic N) is 4. The van der Waals surface area contributed by atoms with Crippen molar-refractivity contribution in [3.05, 3.63) is 35.7 Å². The van der Waals surface area contributed by atoms with Crippen molar-refractivity contribution in [2.24, 2.45) is 0 Å². The Morgan fingerprint density at radius 3 is 3.22 bits per heavy atom. The van der Waals surface area contributed by atoms with E-state index in [1.807, 2.05) is 0 Å². The minimum atomic E-state index is -0.315. The molecule has 1 aliphatic heterocycles. The van der Waals surface area contributed by atoms with Crippen LogP contribution in [0.3, 0.4) is 0 Å². The van der Waals surface area contributed by atoms with Crippen LogP contribution in [-0.2, 0) is 11.3 Å². The number of H-pyrrole nitrogens is 1. The number of aromatic amines is 1. The van der Waals surface area contributed by atoms with Crippen LogP contribution in [0.4, 0.5) is 0 Å². The van der Waals surface area contributed by atoms with Crippen LogP contribution in [0.5, 0.6) is 0 Å². The van der Waals surface area contributed by atoms with E-state index in [0.717, 1.165) is 18.2 Å². The number of carbonyl (C=O) groups excluding carboxylic acids is 1. The predicted octanol–water partition coefficient (Wildman–Crippen LogP) is 1.12. The third kappa shape index (κ3) is 2.78. The molecule has 23 heavy (non-hydrogen) atoms. The van der Waals surface area contributed by atoms with Gasteiger partial charge in [0, 0.05) is 12.0 Å². The van der Waals surface area contributed by atoms with Gasteiger partial charge >= 0.3 is 0 Å². The molecule has 0 bridgehead atoms. The minimum absolute atomic E-state index is 0.128. The molecule has 1 amide bonds. The Labute approximate surface area is 130 Å². The van der Waals surface area contributed by atoms with Crippen LogP contribution in [0.25, 0.3) is 11.0 Å². The summed E-state index contributed by atoms with van der Waals surface area (Å²) in [6.45, 7) is 0.874. The number of ether oxygens (including phenoxy) is 1. The van der Waals surface area contributed by atoms with Gasteiger partial charge in [0.25, 0.3) is 11.8 Å². The van der Waals surface area contributed by atoms with Gasteiger partial charge in [-0.3, -0.25) is 9.89 Å². The van der Waals surface area contributed by atoms with Crippen molar-refractivity contribution < 1.29 is 14.1 Å². The Bertz CT molecular complexity index is 836. The van der Waals surface area contributed by atoms with Gasteiger partial charge in [-0.1, -0.05) is 5.16 Å². The first-order valence-electron chi connectivity index (χ1n) is 7.32. The molecule has 0 aromatic carbocycles. The maximum atomic E-state index is 12.1. The maximum absolute atomic E-state index is 12.1. The minimum Gasteiger partial charge on any atom is -0.368 e. The van der Waals surface area contributed by atoms with Crippen molar-refractivity contribution in [2.75, 3.05) is 6.61 Å². The van der Waals surface area contributed by atoms with E-state index in [4.69, 9.17) is 9.26 Å². The van der Waals surface area contributed by atoms with Gasteiger partial charge in [0.2, 0.25) is 0 Å². The fourth-order valence-corrected chi connectivity index (χ4v) is 2.45. The van der Waals surface area contributed by atoms with Crippen LogP contribution < -0.4 is 5.32 Å². The molecule has 0 saturated carbocycles. The van der Waals surface area contributed by atoms with Crippen LogP contribution in [0.2, 0.25) is 0 Å². The molecule has 3 aromatic heterocycles. The average molecular weight is 314 g/mol. The van der Waals surface area contributed by atoms with Gasteiger partial charge in [-0.15, -0.1) is 0 Å². The van der Waals surface area contributed by atoms with E-state index in [0.29, 0.717) is 29.7 Å². The Morgan fingerprint density at radius 2 is 2.35 bits per heavy atom. The number of rotatable bonds is 4. The highest BCUT2D eigenvalue weighted by Gasteiger charge is 2.23. The Morgan fingerprint density at radius 1 is 1.39 bits per heavy atom. The second-order valence-corrected chi connectivity index (χ2v) is 5.24. The summed E-state index contributed by atoms with van der Waals surface area (Å²) in [6.07, 6.45) is 3.38. The molecule has 4 rings (SSSR count). The van der Waals surface area contributed by atoms with E-state index in [-0.39, 0.29) is 18.6 Å². The molecular formula is C14H14N6O3. The monoisotopic (exact) mass is 314 g/mol. The molecule has 1 aliphatic rings. The third-order valence-electron chi connectivity index (χ3n) is 3.63. The normalized spacial score (nSPS) is 17.7. The average Bonchev–Trinajstić information content (AvgIpc) is 3.32. The Kier molecular flexibility index (Phi) is 3.46. The third-order valence-corrected chi connectivity index (χ3v) is 3.63. The lowest BCUT2D eigenvalue weighted by Gasteiger charge is -2.02. The molecule has 1 fully saturated rings. The fourth-order valence-electron chi connectivity index (χ4n) is 2.45. The zero-order valence-electron chi connectivity index (χ0n) is 12.2. The molecule has 9 heteroatoms. The molecule has 9 nitrogen and oxygen atoms in total. The molecule has 0 radical (unpaired) electrons. The lowest BCUT2D eigenvalue weighted by molar-refractivity contribution is 0.0835. The first-order valence-corrected chi connectivity index (χ1v) is 7.32. The first-order chi connectivity index (χ1) is 11.3. The van der Waals surface area contributed by atoms with Crippen molar-refractivity contribution in [3.8, 4) is 0 Å². The zero-order valence-corrected chi connectivity index (χ0v) is 12.2. The molecule has 2 N–H and O–H groups in total. The molecule has 1 unspecified atom stereocenters. The van der Waals surface area contributed by atoms with E-state index < -0.39 is 0 Å². The number of pyridine rings is 1. The van der Waals surface area contributed by atoms with E-state index >= 15 is 0 Å². The van der Waals surface area contributed by atoms with Gasteiger partial charge in [0.05, 0.1) is 12.7 Å². The molecule has 1 atom stereocenters. The summed E-state index contributed by atoms with van der Waals surface area (Å²) in [6, 6.07) is 3.42. The molecule has 0 aliphatic carbocycles. The number of hydrogen-bond donors (Lipinski definition) is 2. The largest absolute Gasteiger partial charge is 0.368 e. The summed E-state index contributed by atoms with van der Waals surface area (Å²) < 4.78 is 10.6. The van der Waals surface area contributed by atoms with Crippen molar-refractivity contribution in [1.29, 1.82) is 0 Å². The standard InChI is InChI=1S/C14H14N6O3/c21-13(9-4-3-8-6-16-19-12(8)17-9)15-7-11-18-14(23-20-11)10-2-1-5-22-10/h3-4,6,10H,1-2,5,7H2,(H,15,21)(H,16,17,19). The summed E-state index contributed by atoms with van der Waals surface area (Å²) in [7, 11) is 0. The van der Waals surface area contributed by atoms with Gasteiger partial charge in [0.15, 0.2) is 11.5 Å². The van der Waals surface area contributed by atoms with Gasteiger partial charge in [-0.2, -0.15) is 10.1 Å². The molecular weight excluding hydrogens is 300 g/mol. The predicted molar refractivity (Wildman–Crippen MR) is 77.3 cm³/mol. The Hall–Kier alpha value is -2.81. The number of hydrogen-bond acceptors (Lipinski definition) is 7. The summed E-state index contributed by atoms with van der Waals surface area (Å²) in [5.74, 6) is 0.556. The number of fused-ring (bicyclic) bond motifs is 1. The highest BCUT2D eigenvalue weighted by molar-refractivity contribution is 5.94. The maximum Gasteiger partial charge on any atom is 0.270 e. The van der Waals surface area contributed by atoms with Crippen molar-refractivity contribution in [1.82, 2.24) is 30.6 Å². The second kappa shape index (κ2) is 5.76. The summed E-state index contributed by atoms with van der Waals surface area (Å²) in [5, 5.41) is 14.0. The lowest BCUT2D eigenvalue weighted by Crippen LogP contribution is -2.24. The van der Waals surface area contributed by atoms with E-state index in [9.17, 15) is 4.79 Å². The topological polar surface area (TPSA) is 119 Å².